The van der Waals surface area contributed by atoms with E-state index in [0.29, 0.717) is 18.8 Å². The number of urea groups is 1. The minimum Gasteiger partial charge on any atom is -0.399 e. The number of nitrogen functional groups attached to an aromatic ring is 1. The number of carbonyl (C=O) groups excluding carboxylic acids is 2. The number of hydrogen-bond acceptors (Lipinski definition) is 5. The molecular formula is C13H19N3O3S. The Morgan fingerprint density at radius 3 is 2.85 bits per heavy atom. The second kappa shape index (κ2) is 8.44. The van der Waals surface area contributed by atoms with E-state index in [2.05, 4.69) is 10.6 Å². The zero-order valence-corrected chi connectivity index (χ0v) is 12.4. The predicted molar refractivity (Wildman–Crippen MR) is 79.7 cm³/mol. The molecule has 1 rings (SSSR count). The second-order valence-corrected chi connectivity index (χ2v) is 5.13. The van der Waals surface area contributed by atoms with Crippen molar-refractivity contribution in [2.75, 3.05) is 31.7 Å². The number of nitrogens with two attached hydrogens (primary N) is 1. The molecule has 0 heterocycles. The van der Waals surface area contributed by atoms with E-state index in [0.717, 1.165) is 10.5 Å². The molecule has 1 aromatic rings. The van der Waals surface area contributed by atoms with Crippen LogP contribution in [0.25, 0.3) is 0 Å². The lowest BCUT2D eigenvalue weighted by molar-refractivity contribution is -0.117. The van der Waals surface area contributed by atoms with Crippen molar-refractivity contribution in [1.82, 2.24) is 10.6 Å². The third-order valence-electron chi connectivity index (χ3n) is 2.42. The highest BCUT2D eigenvalue weighted by Crippen LogP contribution is 2.24. The van der Waals surface area contributed by atoms with Crippen LogP contribution in [-0.2, 0) is 9.53 Å². The highest BCUT2D eigenvalue weighted by Gasteiger charge is 2.08. The number of ether oxygens (including phenoxy) is 1. The lowest BCUT2D eigenvalue weighted by atomic mass is 10.2. The number of benzene rings is 1. The summed E-state index contributed by atoms with van der Waals surface area (Å²) in [5.74, 6) is -0.200. The maximum atomic E-state index is 11.6. The van der Waals surface area contributed by atoms with Gasteiger partial charge >= 0.3 is 6.03 Å². The Kier molecular flexibility index (Phi) is 6.89. The van der Waals surface area contributed by atoms with Crippen LogP contribution in [0.5, 0.6) is 0 Å². The van der Waals surface area contributed by atoms with Crippen LogP contribution >= 0.6 is 11.8 Å². The fraction of sp³-hybridized carbons (Fsp3) is 0.385. The SMILES string of the molecule is COCCNC(=O)NC(=O)CSc1cc(N)ccc1C. The first-order chi connectivity index (χ1) is 9.52. The Morgan fingerprint density at radius 1 is 1.40 bits per heavy atom. The van der Waals surface area contributed by atoms with Crippen LogP contribution in [0.3, 0.4) is 0 Å². The number of anilines is 1. The largest absolute Gasteiger partial charge is 0.399 e. The van der Waals surface area contributed by atoms with Crippen molar-refractivity contribution in [3.8, 4) is 0 Å². The summed E-state index contributed by atoms with van der Waals surface area (Å²) in [7, 11) is 1.54. The first-order valence-electron chi connectivity index (χ1n) is 6.08. The van der Waals surface area contributed by atoms with Crippen molar-refractivity contribution in [2.24, 2.45) is 0 Å². The van der Waals surface area contributed by atoms with Gasteiger partial charge in [-0.2, -0.15) is 0 Å². The van der Waals surface area contributed by atoms with Crippen molar-refractivity contribution in [2.45, 2.75) is 11.8 Å². The predicted octanol–water partition coefficient (Wildman–Crippen LogP) is 1.14. The summed E-state index contributed by atoms with van der Waals surface area (Å²) in [5, 5.41) is 4.75. The van der Waals surface area contributed by atoms with Gasteiger partial charge in [-0.1, -0.05) is 6.07 Å². The molecule has 0 saturated carbocycles. The van der Waals surface area contributed by atoms with E-state index in [-0.39, 0.29) is 11.7 Å². The van der Waals surface area contributed by atoms with Crippen molar-refractivity contribution in [3.05, 3.63) is 23.8 Å². The van der Waals surface area contributed by atoms with E-state index in [9.17, 15) is 9.59 Å². The van der Waals surface area contributed by atoms with Gasteiger partial charge in [0, 0.05) is 24.2 Å². The number of thioether (sulfide) groups is 1. The van der Waals surface area contributed by atoms with Gasteiger partial charge in [0.05, 0.1) is 12.4 Å². The molecule has 3 amide bonds. The number of aryl methyl sites for hydroxylation is 1. The Hall–Kier alpha value is -1.73. The number of amides is 3. The summed E-state index contributed by atoms with van der Waals surface area (Å²) in [6.07, 6.45) is 0. The van der Waals surface area contributed by atoms with Gasteiger partial charge in [0.25, 0.3) is 0 Å². The summed E-state index contributed by atoms with van der Waals surface area (Å²) < 4.78 is 4.78. The summed E-state index contributed by atoms with van der Waals surface area (Å²) in [6.45, 7) is 2.70. The summed E-state index contributed by atoms with van der Waals surface area (Å²) in [5.41, 5.74) is 7.38. The van der Waals surface area contributed by atoms with Crippen LogP contribution < -0.4 is 16.4 Å². The van der Waals surface area contributed by atoms with E-state index in [1.165, 1.54) is 18.9 Å². The molecule has 0 aliphatic carbocycles. The Balaban J connectivity index is 2.36. The molecular weight excluding hydrogens is 278 g/mol. The van der Waals surface area contributed by atoms with Crippen LogP contribution in [-0.4, -0.2) is 38.0 Å². The van der Waals surface area contributed by atoms with Gasteiger partial charge in [0.1, 0.15) is 0 Å². The standard InChI is InChI=1S/C13H19N3O3S/c1-9-3-4-10(14)7-11(9)20-8-12(17)16-13(18)15-5-6-19-2/h3-4,7H,5-6,8,14H2,1-2H3,(H2,15,16,17,18). The van der Waals surface area contributed by atoms with Crippen LogP contribution in [0.4, 0.5) is 10.5 Å². The average molecular weight is 297 g/mol. The number of imide groups is 1. The van der Waals surface area contributed by atoms with Gasteiger partial charge in [0.15, 0.2) is 0 Å². The molecule has 0 saturated heterocycles. The van der Waals surface area contributed by atoms with Gasteiger partial charge in [-0.15, -0.1) is 11.8 Å². The fourth-order valence-electron chi connectivity index (χ4n) is 1.39. The smallest absolute Gasteiger partial charge is 0.321 e. The molecule has 0 spiro atoms. The topological polar surface area (TPSA) is 93.5 Å². The van der Waals surface area contributed by atoms with E-state index >= 15 is 0 Å². The van der Waals surface area contributed by atoms with Crippen LogP contribution in [0.15, 0.2) is 23.1 Å². The molecule has 0 unspecified atom stereocenters. The molecule has 6 nitrogen and oxygen atoms in total. The maximum Gasteiger partial charge on any atom is 0.321 e. The zero-order valence-electron chi connectivity index (χ0n) is 11.6. The molecule has 0 bridgehead atoms. The third-order valence-corrected chi connectivity index (χ3v) is 3.57. The molecule has 1 aromatic carbocycles. The molecule has 7 heteroatoms. The van der Waals surface area contributed by atoms with Gasteiger partial charge in [-0.25, -0.2) is 4.79 Å². The molecule has 0 aliphatic heterocycles. The average Bonchev–Trinajstić information content (AvgIpc) is 2.40. The first kappa shape index (κ1) is 16.3. The molecule has 110 valence electrons. The van der Waals surface area contributed by atoms with Gasteiger partial charge in [0.2, 0.25) is 5.91 Å². The minimum absolute atomic E-state index is 0.155. The monoisotopic (exact) mass is 297 g/mol. The quantitative estimate of drug-likeness (QED) is 0.416. The van der Waals surface area contributed by atoms with Crippen molar-refractivity contribution in [3.63, 3.8) is 0 Å². The van der Waals surface area contributed by atoms with Crippen molar-refractivity contribution >= 4 is 29.4 Å². The third kappa shape index (κ3) is 5.94. The van der Waals surface area contributed by atoms with Crippen molar-refractivity contribution < 1.29 is 14.3 Å². The molecule has 0 atom stereocenters. The normalized spacial score (nSPS) is 10.1. The molecule has 4 N–H and O–H groups in total. The number of nitrogens with one attached hydrogen (secondary N) is 2. The molecule has 0 aliphatic rings. The molecule has 0 aromatic heterocycles. The van der Waals surface area contributed by atoms with E-state index in [4.69, 9.17) is 10.5 Å². The van der Waals surface area contributed by atoms with E-state index in [1.54, 1.807) is 0 Å². The lowest BCUT2D eigenvalue weighted by Crippen LogP contribution is -2.41. The van der Waals surface area contributed by atoms with E-state index < -0.39 is 6.03 Å². The van der Waals surface area contributed by atoms with Gasteiger partial charge in [-0.05, 0) is 24.6 Å². The number of rotatable bonds is 6. The van der Waals surface area contributed by atoms with Gasteiger partial charge < -0.3 is 15.8 Å². The summed E-state index contributed by atoms with van der Waals surface area (Å²) in [6, 6.07) is 5.00. The Bertz CT molecular complexity index is 480. The van der Waals surface area contributed by atoms with Crippen LogP contribution in [0.1, 0.15) is 5.56 Å². The maximum absolute atomic E-state index is 11.6. The molecule has 0 radical (unpaired) electrons. The first-order valence-corrected chi connectivity index (χ1v) is 7.07. The fourth-order valence-corrected chi connectivity index (χ4v) is 2.26. The summed E-state index contributed by atoms with van der Waals surface area (Å²) >= 11 is 1.34. The Labute approximate surface area is 122 Å². The number of carbonyl (C=O) groups is 2. The minimum atomic E-state index is -0.517. The molecule has 20 heavy (non-hydrogen) atoms. The van der Waals surface area contributed by atoms with Crippen molar-refractivity contribution in [1.29, 1.82) is 0 Å². The lowest BCUT2D eigenvalue weighted by Gasteiger charge is -2.08. The zero-order chi connectivity index (χ0) is 15.0. The second-order valence-electron chi connectivity index (χ2n) is 4.11. The van der Waals surface area contributed by atoms with Crippen LogP contribution in [0.2, 0.25) is 0 Å². The highest BCUT2D eigenvalue weighted by molar-refractivity contribution is 8.00. The van der Waals surface area contributed by atoms with E-state index in [1.807, 2.05) is 25.1 Å². The molecule has 0 fully saturated rings. The Morgan fingerprint density at radius 2 is 2.15 bits per heavy atom. The summed E-state index contributed by atoms with van der Waals surface area (Å²) in [4.78, 5) is 23.9. The highest BCUT2D eigenvalue weighted by atomic mass is 32.2. The number of methoxy groups -OCH3 is 1. The van der Waals surface area contributed by atoms with Gasteiger partial charge in [-0.3, -0.25) is 10.1 Å². The number of hydrogen-bond donors (Lipinski definition) is 3. The van der Waals surface area contributed by atoms with Crippen LogP contribution in [0, 0.1) is 6.92 Å².